The van der Waals surface area contributed by atoms with E-state index in [1.165, 1.54) is 5.39 Å². The lowest BCUT2D eigenvalue weighted by Gasteiger charge is -1.99. The number of halogens is 1. The first kappa shape index (κ1) is 9.03. The number of hydrogen-bond acceptors (Lipinski definition) is 2. The molecule has 0 bridgehead atoms. The predicted molar refractivity (Wildman–Crippen MR) is 58.5 cm³/mol. The fourth-order valence-electron chi connectivity index (χ4n) is 1.44. The van der Waals surface area contributed by atoms with Crippen LogP contribution >= 0.6 is 11.9 Å². The fourth-order valence-corrected chi connectivity index (χ4v) is 1.48. The molecule has 14 heavy (non-hydrogen) atoms. The molecule has 0 aromatic heterocycles. The van der Waals surface area contributed by atoms with Crippen LogP contribution in [0.4, 0.5) is 0 Å². The molecule has 0 atom stereocenters. The van der Waals surface area contributed by atoms with E-state index in [0.717, 1.165) is 10.9 Å². The van der Waals surface area contributed by atoms with Crippen molar-refractivity contribution in [2.45, 2.75) is 0 Å². The van der Waals surface area contributed by atoms with Gasteiger partial charge in [-0.3, -0.25) is 4.39 Å². The zero-order valence-electron chi connectivity index (χ0n) is 7.35. The van der Waals surface area contributed by atoms with E-state index in [4.69, 9.17) is 11.9 Å². The summed E-state index contributed by atoms with van der Waals surface area (Å²) < 4.78 is 4.14. The van der Waals surface area contributed by atoms with Crippen molar-refractivity contribution in [3.63, 3.8) is 0 Å². The van der Waals surface area contributed by atoms with Gasteiger partial charge in [-0.1, -0.05) is 47.6 Å². The van der Waals surface area contributed by atoms with Crippen molar-refractivity contribution < 1.29 is 4.39 Å². The zero-order chi connectivity index (χ0) is 9.80. The molecule has 2 aromatic rings. The van der Waals surface area contributed by atoms with Crippen LogP contribution in [0.25, 0.3) is 10.8 Å². The van der Waals surface area contributed by atoms with E-state index in [9.17, 15) is 0 Å². The Hall–Kier alpha value is -1.54. The summed E-state index contributed by atoms with van der Waals surface area (Å²) in [7, 11) is 0. The highest BCUT2D eigenvalue weighted by Crippen LogP contribution is 2.16. The first-order valence-corrected chi connectivity index (χ1v) is 4.51. The van der Waals surface area contributed by atoms with Crippen molar-refractivity contribution >= 4 is 28.9 Å². The van der Waals surface area contributed by atoms with Gasteiger partial charge in [-0.25, -0.2) is 0 Å². The number of benzene rings is 2. The van der Waals surface area contributed by atoms with Gasteiger partial charge >= 0.3 is 0 Å². The maximum absolute atomic E-state index is 5.00. The van der Waals surface area contributed by atoms with Gasteiger partial charge in [-0.05, 0) is 10.8 Å². The van der Waals surface area contributed by atoms with Crippen LogP contribution in [0.3, 0.4) is 0 Å². The number of oxime groups is 1. The van der Waals surface area contributed by atoms with Crippen molar-refractivity contribution in [3.05, 3.63) is 48.0 Å². The lowest BCUT2D eigenvalue weighted by atomic mass is 10.1. The van der Waals surface area contributed by atoms with Gasteiger partial charge in [0, 0.05) is 5.56 Å². The Labute approximate surface area is 86.9 Å². The number of rotatable bonds is 2. The molecular formula is C11H8ClNO. The molecule has 0 spiro atoms. The van der Waals surface area contributed by atoms with E-state index in [2.05, 4.69) is 9.55 Å². The summed E-state index contributed by atoms with van der Waals surface area (Å²) in [4.78, 5) is 0. The second kappa shape index (κ2) is 4.11. The number of fused-ring (bicyclic) bond motifs is 1. The van der Waals surface area contributed by atoms with E-state index in [0.29, 0.717) is 0 Å². The molecule has 2 nitrogen and oxygen atoms in total. The molecule has 2 aromatic carbocycles. The molecule has 0 unspecified atom stereocenters. The minimum Gasteiger partial charge on any atom is -0.277 e. The Morgan fingerprint density at radius 1 is 1.07 bits per heavy atom. The van der Waals surface area contributed by atoms with Gasteiger partial charge < -0.3 is 0 Å². The minimum atomic E-state index is 0.990. The summed E-state index contributed by atoms with van der Waals surface area (Å²) in [6, 6.07) is 14.1. The SMILES string of the molecule is ClO/N=C/c1cccc2ccccc12. The summed E-state index contributed by atoms with van der Waals surface area (Å²) in [5.74, 6) is 0. The standard InChI is InChI=1S/C11H8ClNO/c12-14-13-8-10-6-3-5-9-4-1-2-7-11(9)10/h1-8H/b13-8+. The van der Waals surface area contributed by atoms with Gasteiger partial charge in [0.1, 0.15) is 0 Å². The summed E-state index contributed by atoms with van der Waals surface area (Å²) in [6.45, 7) is 0. The lowest BCUT2D eigenvalue weighted by Crippen LogP contribution is -1.83. The van der Waals surface area contributed by atoms with Gasteiger partial charge in [0.15, 0.2) is 11.9 Å². The van der Waals surface area contributed by atoms with Crippen molar-refractivity contribution in [3.8, 4) is 0 Å². The molecule has 0 saturated heterocycles. The van der Waals surface area contributed by atoms with Crippen LogP contribution in [0.5, 0.6) is 0 Å². The van der Waals surface area contributed by atoms with E-state index >= 15 is 0 Å². The Kier molecular flexibility index (Phi) is 2.65. The molecule has 0 N–H and O–H groups in total. The lowest BCUT2D eigenvalue weighted by molar-refractivity contribution is 0.384. The van der Waals surface area contributed by atoms with Crippen LogP contribution in [-0.4, -0.2) is 6.21 Å². The van der Waals surface area contributed by atoms with E-state index in [1.807, 2.05) is 42.5 Å². The molecule has 0 fully saturated rings. The van der Waals surface area contributed by atoms with E-state index in [-0.39, 0.29) is 0 Å². The Morgan fingerprint density at radius 2 is 1.86 bits per heavy atom. The van der Waals surface area contributed by atoms with Crippen molar-refractivity contribution in [1.29, 1.82) is 0 Å². The first-order chi connectivity index (χ1) is 6.92. The van der Waals surface area contributed by atoms with Crippen LogP contribution < -0.4 is 0 Å². The topological polar surface area (TPSA) is 21.6 Å². The molecule has 0 heterocycles. The molecule has 0 aliphatic carbocycles. The maximum atomic E-state index is 5.00. The third-order valence-electron chi connectivity index (χ3n) is 2.05. The Bertz CT molecular complexity index is 462. The average Bonchev–Trinajstić information content (AvgIpc) is 2.26. The highest BCUT2D eigenvalue weighted by atomic mass is 35.5. The first-order valence-electron chi connectivity index (χ1n) is 4.21. The van der Waals surface area contributed by atoms with E-state index < -0.39 is 0 Å². The fraction of sp³-hybridized carbons (Fsp3) is 0. The van der Waals surface area contributed by atoms with E-state index in [1.54, 1.807) is 6.21 Å². The van der Waals surface area contributed by atoms with Crippen LogP contribution in [0.1, 0.15) is 5.56 Å². The molecule has 0 saturated carbocycles. The van der Waals surface area contributed by atoms with Gasteiger partial charge in [0.25, 0.3) is 0 Å². The van der Waals surface area contributed by atoms with Crippen molar-refractivity contribution in [1.82, 2.24) is 0 Å². The van der Waals surface area contributed by atoms with Gasteiger partial charge in [-0.2, -0.15) is 0 Å². The third kappa shape index (κ3) is 1.70. The second-order valence-electron chi connectivity index (χ2n) is 2.87. The molecule has 0 radical (unpaired) electrons. The zero-order valence-corrected chi connectivity index (χ0v) is 8.11. The molecule has 0 amide bonds. The molecule has 2 rings (SSSR count). The van der Waals surface area contributed by atoms with Crippen LogP contribution in [0.2, 0.25) is 0 Å². The largest absolute Gasteiger partial charge is 0.277 e. The normalized spacial score (nSPS) is 10.9. The van der Waals surface area contributed by atoms with Gasteiger partial charge in [0.05, 0.1) is 6.21 Å². The Morgan fingerprint density at radius 3 is 2.71 bits per heavy atom. The molecule has 70 valence electrons. The van der Waals surface area contributed by atoms with Crippen molar-refractivity contribution in [2.24, 2.45) is 5.16 Å². The summed E-state index contributed by atoms with van der Waals surface area (Å²) in [6.07, 6.45) is 1.59. The summed E-state index contributed by atoms with van der Waals surface area (Å²) >= 11 is 5.00. The summed E-state index contributed by atoms with van der Waals surface area (Å²) in [5.41, 5.74) is 0.990. The molecule has 0 aliphatic rings. The predicted octanol–water partition coefficient (Wildman–Crippen LogP) is 3.34. The smallest absolute Gasteiger partial charge is 0.167 e. The average molecular weight is 206 g/mol. The molecule has 0 aliphatic heterocycles. The maximum Gasteiger partial charge on any atom is 0.167 e. The minimum absolute atomic E-state index is 0.990. The van der Waals surface area contributed by atoms with Gasteiger partial charge in [0.2, 0.25) is 0 Å². The number of nitrogens with zero attached hydrogens (tertiary/aromatic N) is 1. The van der Waals surface area contributed by atoms with Crippen LogP contribution in [0, 0.1) is 0 Å². The highest BCUT2D eigenvalue weighted by Gasteiger charge is 1.96. The quantitative estimate of drug-likeness (QED) is 0.544. The second-order valence-corrected chi connectivity index (χ2v) is 3.01. The highest BCUT2D eigenvalue weighted by molar-refractivity contribution is 6.07. The summed E-state index contributed by atoms with van der Waals surface area (Å²) in [5, 5.41) is 5.84. The van der Waals surface area contributed by atoms with Crippen molar-refractivity contribution in [2.75, 3.05) is 0 Å². The number of hydrogen-bond donors (Lipinski definition) is 0. The molecular weight excluding hydrogens is 198 g/mol. The van der Waals surface area contributed by atoms with Crippen LogP contribution in [-0.2, 0) is 4.39 Å². The van der Waals surface area contributed by atoms with Crippen LogP contribution in [0.15, 0.2) is 47.6 Å². The third-order valence-corrected chi connectivity index (χ3v) is 2.13. The molecule has 3 heteroatoms. The monoisotopic (exact) mass is 205 g/mol. The Balaban J connectivity index is 2.59. The van der Waals surface area contributed by atoms with Gasteiger partial charge in [-0.15, -0.1) is 0 Å².